The van der Waals surface area contributed by atoms with Crippen molar-refractivity contribution in [3.8, 4) is 0 Å². The van der Waals surface area contributed by atoms with E-state index in [9.17, 15) is 0 Å². The summed E-state index contributed by atoms with van der Waals surface area (Å²) in [5, 5.41) is 1.98. The van der Waals surface area contributed by atoms with E-state index in [1.54, 1.807) is 0 Å². The first kappa shape index (κ1) is 14.5. The molecule has 2 heteroatoms. The summed E-state index contributed by atoms with van der Waals surface area (Å²) >= 11 is 5.87. The van der Waals surface area contributed by atoms with Gasteiger partial charge >= 0.3 is 0 Å². The van der Waals surface area contributed by atoms with Crippen LogP contribution in [-0.4, -0.2) is 16.3 Å². The molecule has 0 aliphatic heterocycles. The van der Waals surface area contributed by atoms with Crippen molar-refractivity contribution in [2.24, 2.45) is 5.92 Å². The highest BCUT2D eigenvalue weighted by Crippen LogP contribution is 2.34. The van der Waals surface area contributed by atoms with Crippen LogP contribution < -0.4 is 0 Å². The molecule has 0 aromatic heterocycles. The van der Waals surface area contributed by atoms with Crippen LogP contribution in [0.3, 0.4) is 0 Å². The minimum atomic E-state index is 0.661. The van der Waals surface area contributed by atoms with Gasteiger partial charge in [-0.05, 0) is 24.3 Å². The maximum absolute atomic E-state index is 3.68. The summed E-state index contributed by atoms with van der Waals surface area (Å²) in [5.74, 6) is 2.86. The molecule has 100 valence electrons. The topological polar surface area (TPSA) is 0 Å². The third-order valence-corrected chi connectivity index (χ3v) is 6.15. The van der Waals surface area contributed by atoms with Crippen LogP contribution in [0.15, 0.2) is 30.3 Å². The van der Waals surface area contributed by atoms with Crippen LogP contribution in [-0.2, 0) is 0 Å². The monoisotopic (exact) mass is 326 g/mol. The van der Waals surface area contributed by atoms with Crippen LogP contribution in [0.2, 0.25) is 0 Å². The first-order valence-electron chi connectivity index (χ1n) is 7.02. The van der Waals surface area contributed by atoms with Gasteiger partial charge in [0.25, 0.3) is 0 Å². The van der Waals surface area contributed by atoms with Crippen LogP contribution in [0.1, 0.15) is 44.1 Å². The van der Waals surface area contributed by atoms with E-state index >= 15 is 0 Å². The van der Waals surface area contributed by atoms with Crippen molar-refractivity contribution in [2.45, 2.75) is 43.8 Å². The molecule has 0 amide bonds. The number of hydrogen-bond acceptors (Lipinski definition) is 1. The van der Waals surface area contributed by atoms with Gasteiger partial charge in [-0.15, -0.1) is 0 Å². The van der Waals surface area contributed by atoms with E-state index in [-0.39, 0.29) is 0 Å². The highest BCUT2D eigenvalue weighted by Gasteiger charge is 2.20. The fraction of sp³-hybridized carbons (Fsp3) is 0.625. The Morgan fingerprint density at radius 1 is 1.28 bits per heavy atom. The van der Waals surface area contributed by atoms with Crippen molar-refractivity contribution in [3.63, 3.8) is 0 Å². The molecular formula is C16H23BrS. The van der Waals surface area contributed by atoms with Crippen molar-refractivity contribution < 1.29 is 0 Å². The molecule has 1 saturated carbocycles. The van der Waals surface area contributed by atoms with E-state index in [1.807, 2.05) is 0 Å². The Morgan fingerprint density at radius 2 is 2.06 bits per heavy atom. The van der Waals surface area contributed by atoms with Crippen molar-refractivity contribution in [1.82, 2.24) is 0 Å². The van der Waals surface area contributed by atoms with Crippen LogP contribution in [0.5, 0.6) is 0 Å². The molecule has 18 heavy (non-hydrogen) atoms. The number of hydrogen-bond donors (Lipinski definition) is 0. The maximum atomic E-state index is 3.68. The van der Waals surface area contributed by atoms with Crippen molar-refractivity contribution in [3.05, 3.63) is 35.9 Å². The molecule has 1 fully saturated rings. The van der Waals surface area contributed by atoms with Gasteiger partial charge < -0.3 is 0 Å². The van der Waals surface area contributed by atoms with Gasteiger partial charge in [0.05, 0.1) is 0 Å². The van der Waals surface area contributed by atoms with E-state index in [2.05, 4.69) is 64.9 Å². The van der Waals surface area contributed by atoms with Gasteiger partial charge in [0.2, 0.25) is 0 Å². The molecule has 1 aromatic rings. The molecule has 1 aliphatic rings. The number of thioether (sulfide) groups is 1. The highest BCUT2D eigenvalue weighted by atomic mass is 79.9. The molecule has 0 radical (unpaired) electrons. The second-order valence-corrected chi connectivity index (χ2v) is 7.47. The predicted molar refractivity (Wildman–Crippen MR) is 86.9 cm³/mol. The zero-order chi connectivity index (χ0) is 12.8. The molecule has 3 atom stereocenters. The quantitative estimate of drug-likeness (QED) is 0.646. The summed E-state index contributed by atoms with van der Waals surface area (Å²) in [6.45, 7) is 2.41. The molecule has 3 unspecified atom stereocenters. The first-order valence-corrected chi connectivity index (χ1v) is 9.19. The lowest BCUT2D eigenvalue weighted by atomic mass is 9.91. The fourth-order valence-corrected chi connectivity index (χ4v) is 5.26. The summed E-state index contributed by atoms with van der Waals surface area (Å²) in [6, 6.07) is 10.9. The largest absolute Gasteiger partial charge is 0.158 e. The Bertz CT molecular complexity index is 338. The van der Waals surface area contributed by atoms with E-state index < -0.39 is 0 Å². The maximum Gasteiger partial charge on any atom is 0.0108 e. The lowest BCUT2D eigenvalue weighted by molar-refractivity contribution is 0.394. The summed E-state index contributed by atoms with van der Waals surface area (Å²) in [4.78, 5) is 0. The third kappa shape index (κ3) is 4.31. The van der Waals surface area contributed by atoms with Crippen molar-refractivity contribution in [2.75, 3.05) is 11.1 Å². The van der Waals surface area contributed by atoms with Gasteiger partial charge in [-0.2, -0.15) is 11.8 Å². The predicted octanol–water partition coefficient (Wildman–Crippen LogP) is 5.48. The molecule has 0 N–H and O–H groups in total. The van der Waals surface area contributed by atoms with Crippen LogP contribution >= 0.6 is 27.7 Å². The van der Waals surface area contributed by atoms with Gasteiger partial charge in [-0.1, -0.05) is 66.0 Å². The summed E-state index contributed by atoms with van der Waals surface area (Å²) in [6.07, 6.45) is 5.73. The summed E-state index contributed by atoms with van der Waals surface area (Å²) in [5.41, 5.74) is 1.48. The Morgan fingerprint density at radius 3 is 2.72 bits per heavy atom. The van der Waals surface area contributed by atoms with Crippen LogP contribution in [0.4, 0.5) is 0 Å². The molecule has 2 rings (SSSR count). The van der Waals surface area contributed by atoms with Crippen molar-refractivity contribution >= 4 is 27.7 Å². The van der Waals surface area contributed by atoms with Crippen LogP contribution in [0, 0.1) is 5.92 Å². The number of halogens is 1. The summed E-state index contributed by atoms with van der Waals surface area (Å²) in [7, 11) is 0. The Hall–Kier alpha value is 0.0500. The Labute approximate surface area is 124 Å². The lowest BCUT2D eigenvalue weighted by Crippen LogP contribution is -2.17. The second-order valence-electron chi connectivity index (χ2n) is 5.49. The molecule has 0 bridgehead atoms. The van der Waals surface area contributed by atoms with E-state index in [0.29, 0.717) is 5.92 Å². The number of alkyl halides is 1. The van der Waals surface area contributed by atoms with Gasteiger partial charge in [0.15, 0.2) is 0 Å². The minimum Gasteiger partial charge on any atom is -0.158 e. The highest BCUT2D eigenvalue weighted by molar-refractivity contribution is 9.09. The second kappa shape index (κ2) is 7.59. The van der Waals surface area contributed by atoms with E-state index in [1.165, 1.54) is 37.0 Å². The average Bonchev–Trinajstić information content (AvgIpc) is 2.41. The normalized spacial score (nSPS) is 25.9. The smallest absolute Gasteiger partial charge is 0.0108 e. The van der Waals surface area contributed by atoms with Gasteiger partial charge in [-0.3, -0.25) is 0 Å². The third-order valence-electron chi connectivity index (χ3n) is 3.88. The molecular weight excluding hydrogens is 304 g/mol. The lowest BCUT2D eigenvalue weighted by Gasteiger charge is -2.27. The minimum absolute atomic E-state index is 0.661. The van der Waals surface area contributed by atoms with Gasteiger partial charge in [0, 0.05) is 22.3 Å². The molecule has 1 aliphatic carbocycles. The zero-order valence-corrected chi connectivity index (χ0v) is 13.6. The number of benzene rings is 1. The Balaban J connectivity index is 1.84. The van der Waals surface area contributed by atoms with Gasteiger partial charge in [0.1, 0.15) is 0 Å². The Kier molecular flexibility index (Phi) is 6.10. The SMILES string of the molecule is CC1CCCC(SCC(CBr)c2ccccc2)C1. The standard InChI is InChI=1S/C16H23BrS/c1-13-6-5-9-16(10-13)18-12-15(11-17)14-7-3-2-4-8-14/h2-4,7-8,13,15-16H,5-6,9-12H2,1H3. The summed E-state index contributed by atoms with van der Waals surface area (Å²) < 4.78 is 0. The molecule has 0 heterocycles. The first-order chi connectivity index (χ1) is 8.79. The average molecular weight is 327 g/mol. The number of rotatable bonds is 5. The van der Waals surface area contributed by atoms with Crippen LogP contribution in [0.25, 0.3) is 0 Å². The molecule has 0 spiro atoms. The zero-order valence-electron chi connectivity index (χ0n) is 11.1. The molecule has 0 saturated heterocycles. The molecule has 0 nitrogen and oxygen atoms in total. The van der Waals surface area contributed by atoms with Crippen molar-refractivity contribution in [1.29, 1.82) is 0 Å². The van der Waals surface area contributed by atoms with E-state index in [4.69, 9.17) is 0 Å². The molecule has 1 aromatic carbocycles. The van der Waals surface area contributed by atoms with Gasteiger partial charge in [-0.25, -0.2) is 0 Å². The fourth-order valence-electron chi connectivity index (χ4n) is 2.74. The van der Waals surface area contributed by atoms with E-state index in [0.717, 1.165) is 16.5 Å².